The number of hydrogen-bond donors (Lipinski definition) is 0. The highest BCUT2D eigenvalue weighted by Gasteiger charge is 2.25. The van der Waals surface area contributed by atoms with E-state index >= 15 is 0 Å². The zero-order valence-electron chi connectivity index (χ0n) is 13.4. The van der Waals surface area contributed by atoms with Crippen molar-refractivity contribution < 1.29 is 9.05 Å². The average molecular weight is 305 g/mol. The predicted molar refractivity (Wildman–Crippen MR) is 80.2 cm³/mol. The molecule has 0 saturated carbocycles. The molecule has 22 heavy (non-hydrogen) atoms. The van der Waals surface area contributed by atoms with Gasteiger partial charge in [-0.15, -0.1) is 0 Å². The van der Waals surface area contributed by atoms with E-state index in [0.29, 0.717) is 0 Å². The van der Waals surface area contributed by atoms with E-state index in [9.17, 15) is 0 Å². The maximum Gasteiger partial charge on any atom is 0.243 e. The molecule has 1 aliphatic heterocycles. The fourth-order valence-corrected chi connectivity index (χ4v) is 2.77. The van der Waals surface area contributed by atoms with Gasteiger partial charge in [0.15, 0.2) is 5.82 Å². The van der Waals surface area contributed by atoms with Crippen LogP contribution in [-0.4, -0.2) is 51.3 Å². The number of piperazine rings is 1. The second-order valence-electron chi connectivity index (χ2n) is 5.82. The zero-order chi connectivity index (χ0) is 15.5. The lowest BCUT2D eigenvalue weighted by atomic mass is 10.2. The van der Waals surface area contributed by atoms with Crippen molar-refractivity contribution >= 4 is 0 Å². The maximum atomic E-state index is 5.36. The Labute approximate surface area is 130 Å². The molecular weight excluding hydrogens is 282 g/mol. The van der Waals surface area contributed by atoms with Gasteiger partial charge in [-0.25, -0.2) is 0 Å². The molecule has 0 aliphatic carbocycles. The molecule has 7 nitrogen and oxygen atoms in total. The highest BCUT2D eigenvalue weighted by atomic mass is 16.5. The Morgan fingerprint density at radius 3 is 2.55 bits per heavy atom. The summed E-state index contributed by atoms with van der Waals surface area (Å²) in [4.78, 5) is 9.22. The van der Waals surface area contributed by atoms with Crippen molar-refractivity contribution in [1.82, 2.24) is 25.1 Å². The Balaban J connectivity index is 1.52. The summed E-state index contributed by atoms with van der Waals surface area (Å²) in [6, 6.07) is 2.17. The predicted octanol–water partition coefficient (Wildman–Crippen LogP) is 1.81. The minimum Gasteiger partial charge on any atom is -0.361 e. The molecule has 0 aromatic carbocycles. The average Bonchev–Trinajstić information content (AvgIpc) is 3.16. The van der Waals surface area contributed by atoms with Gasteiger partial charge in [-0.3, -0.25) is 9.80 Å². The van der Waals surface area contributed by atoms with Crippen LogP contribution in [0, 0.1) is 6.92 Å². The number of rotatable bonds is 5. The van der Waals surface area contributed by atoms with E-state index in [1.165, 1.54) is 0 Å². The van der Waals surface area contributed by atoms with Crippen LogP contribution in [0.25, 0.3) is 0 Å². The Bertz CT molecular complexity index is 601. The van der Waals surface area contributed by atoms with Crippen LogP contribution in [0.1, 0.15) is 43.1 Å². The van der Waals surface area contributed by atoms with Crippen LogP contribution in [0.4, 0.5) is 0 Å². The molecule has 1 fully saturated rings. The van der Waals surface area contributed by atoms with E-state index in [1.54, 1.807) is 0 Å². The van der Waals surface area contributed by atoms with Crippen molar-refractivity contribution in [3.8, 4) is 0 Å². The summed E-state index contributed by atoms with van der Waals surface area (Å²) in [6.45, 7) is 10.9. The molecule has 120 valence electrons. The van der Waals surface area contributed by atoms with Crippen LogP contribution < -0.4 is 0 Å². The van der Waals surface area contributed by atoms with Gasteiger partial charge in [-0.1, -0.05) is 17.2 Å². The number of hydrogen-bond acceptors (Lipinski definition) is 7. The molecule has 0 amide bonds. The molecule has 0 bridgehead atoms. The third-order valence-electron chi connectivity index (χ3n) is 4.17. The van der Waals surface area contributed by atoms with E-state index in [2.05, 4.69) is 32.0 Å². The first-order valence-corrected chi connectivity index (χ1v) is 7.86. The Morgan fingerprint density at radius 2 is 1.95 bits per heavy atom. The molecule has 2 aromatic heterocycles. The third kappa shape index (κ3) is 3.36. The molecular formula is C15H23N5O2. The lowest BCUT2D eigenvalue weighted by Crippen LogP contribution is -2.46. The SMILES string of the molecule is CCc1noc([C@H](C)N2CCN(Cc3cc(C)on3)CC2)n1. The van der Waals surface area contributed by atoms with E-state index in [1.807, 2.05) is 19.9 Å². The second-order valence-corrected chi connectivity index (χ2v) is 5.82. The number of aryl methyl sites for hydroxylation is 2. The molecule has 3 heterocycles. The Hall–Kier alpha value is -1.73. The van der Waals surface area contributed by atoms with Gasteiger partial charge in [0, 0.05) is 45.2 Å². The van der Waals surface area contributed by atoms with Crippen LogP contribution in [0.2, 0.25) is 0 Å². The van der Waals surface area contributed by atoms with Gasteiger partial charge in [0.25, 0.3) is 0 Å². The lowest BCUT2D eigenvalue weighted by molar-refractivity contribution is 0.0833. The summed E-state index contributed by atoms with van der Waals surface area (Å²) < 4.78 is 10.5. The zero-order valence-corrected chi connectivity index (χ0v) is 13.4. The van der Waals surface area contributed by atoms with Gasteiger partial charge in [0.1, 0.15) is 5.76 Å². The van der Waals surface area contributed by atoms with Crippen LogP contribution in [0.15, 0.2) is 15.1 Å². The van der Waals surface area contributed by atoms with Crippen LogP contribution >= 0.6 is 0 Å². The van der Waals surface area contributed by atoms with E-state index in [0.717, 1.165) is 62.3 Å². The second kappa shape index (κ2) is 6.58. The maximum absolute atomic E-state index is 5.36. The van der Waals surface area contributed by atoms with Gasteiger partial charge < -0.3 is 9.05 Å². The first kappa shape index (κ1) is 15.2. The quantitative estimate of drug-likeness (QED) is 0.834. The smallest absolute Gasteiger partial charge is 0.243 e. The summed E-state index contributed by atoms with van der Waals surface area (Å²) in [7, 11) is 0. The van der Waals surface area contributed by atoms with Gasteiger partial charge in [-0.2, -0.15) is 4.98 Å². The summed E-state index contributed by atoms with van der Waals surface area (Å²) in [6.07, 6.45) is 0.807. The van der Waals surface area contributed by atoms with E-state index < -0.39 is 0 Å². The first-order valence-electron chi connectivity index (χ1n) is 7.86. The van der Waals surface area contributed by atoms with E-state index in [4.69, 9.17) is 9.05 Å². The standard InChI is InChI=1S/C15H23N5O2/c1-4-14-16-15(22-18-14)12(3)20-7-5-19(6-8-20)10-13-9-11(2)21-17-13/h9,12H,4-8,10H2,1-3H3/t12-/m0/s1. The summed E-state index contributed by atoms with van der Waals surface area (Å²) in [5.74, 6) is 2.37. The fraction of sp³-hybridized carbons (Fsp3) is 0.667. The highest BCUT2D eigenvalue weighted by molar-refractivity contribution is 5.03. The summed E-state index contributed by atoms with van der Waals surface area (Å²) in [5.41, 5.74) is 1.00. The van der Waals surface area contributed by atoms with Crippen molar-refractivity contribution in [2.45, 2.75) is 39.8 Å². The minimum atomic E-state index is 0.171. The van der Waals surface area contributed by atoms with Crippen molar-refractivity contribution in [1.29, 1.82) is 0 Å². The van der Waals surface area contributed by atoms with Crippen molar-refractivity contribution in [2.24, 2.45) is 0 Å². The van der Waals surface area contributed by atoms with Gasteiger partial charge in [0.05, 0.1) is 11.7 Å². The molecule has 0 N–H and O–H groups in total. The summed E-state index contributed by atoms with van der Waals surface area (Å²) >= 11 is 0. The normalized spacial score (nSPS) is 18.7. The molecule has 0 spiro atoms. The monoisotopic (exact) mass is 305 g/mol. The van der Waals surface area contributed by atoms with Crippen molar-refractivity contribution in [3.63, 3.8) is 0 Å². The van der Waals surface area contributed by atoms with Crippen LogP contribution in [0.5, 0.6) is 0 Å². The number of nitrogens with zero attached hydrogens (tertiary/aromatic N) is 5. The van der Waals surface area contributed by atoms with Gasteiger partial charge >= 0.3 is 0 Å². The molecule has 0 unspecified atom stereocenters. The lowest BCUT2D eigenvalue weighted by Gasteiger charge is -2.36. The largest absolute Gasteiger partial charge is 0.361 e. The first-order chi connectivity index (χ1) is 10.7. The molecule has 1 atom stereocenters. The van der Waals surface area contributed by atoms with Crippen LogP contribution in [0.3, 0.4) is 0 Å². The molecule has 7 heteroatoms. The minimum absolute atomic E-state index is 0.171. The van der Waals surface area contributed by atoms with Crippen molar-refractivity contribution in [3.05, 3.63) is 29.2 Å². The Morgan fingerprint density at radius 1 is 1.18 bits per heavy atom. The Kier molecular flexibility index (Phi) is 4.54. The van der Waals surface area contributed by atoms with Crippen molar-refractivity contribution in [2.75, 3.05) is 26.2 Å². The third-order valence-corrected chi connectivity index (χ3v) is 4.17. The summed E-state index contributed by atoms with van der Waals surface area (Å²) in [5, 5.41) is 8.04. The topological polar surface area (TPSA) is 71.4 Å². The van der Waals surface area contributed by atoms with Crippen LogP contribution in [-0.2, 0) is 13.0 Å². The molecule has 1 saturated heterocycles. The van der Waals surface area contributed by atoms with E-state index in [-0.39, 0.29) is 6.04 Å². The fourth-order valence-electron chi connectivity index (χ4n) is 2.77. The molecule has 3 rings (SSSR count). The molecule has 0 radical (unpaired) electrons. The number of aromatic nitrogens is 3. The van der Waals surface area contributed by atoms with Gasteiger partial charge in [-0.05, 0) is 13.8 Å². The molecule has 2 aromatic rings. The van der Waals surface area contributed by atoms with Gasteiger partial charge in [0.2, 0.25) is 5.89 Å². The highest BCUT2D eigenvalue weighted by Crippen LogP contribution is 2.20. The molecule has 1 aliphatic rings.